The third-order valence-corrected chi connectivity index (χ3v) is 4.61. The van der Waals surface area contributed by atoms with Crippen molar-refractivity contribution in [1.82, 2.24) is 14.6 Å². The van der Waals surface area contributed by atoms with Gasteiger partial charge in [-0.15, -0.1) is 22.8 Å². The van der Waals surface area contributed by atoms with Crippen LogP contribution in [0.2, 0.25) is 0 Å². The number of aromatic nitrogens is 3. The summed E-state index contributed by atoms with van der Waals surface area (Å²) in [4.78, 5) is 4.06. The number of nitrogens with one attached hydrogen (secondary N) is 1. The molecule has 2 aromatic heterocycles. The minimum Gasteiger partial charge on any atom is -0.406 e. The van der Waals surface area contributed by atoms with Crippen molar-refractivity contribution in [2.45, 2.75) is 38.5 Å². The Hall–Kier alpha value is -3.35. The summed E-state index contributed by atoms with van der Waals surface area (Å²) in [7, 11) is 0. The highest BCUT2D eigenvalue weighted by Gasteiger charge is 2.31. The number of fused-ring (bicyclic) bond motifs is 1. The summed E-state index contributed by atoms with van der Waals surface area (Å²) in [6.07, 6.45) is 2.85. The molecule has 1 N–H and O–H groups in total. The quantitative estimate of drug-likeness (QED) is 0.435. The largest absolute Gasteiger partial charge is 0.573 e. The molecule has 0 atom stereocenters. The van der Waals surface area contributed by atoms with Gasteiger partial charge in [0.2, 0.25) is 0 Å². The molecule has 0 spiro atoms. The highest BCUT2D eigenvalue weighted by molar-refractivity contribution is 5.65. The molecule has 0 radical (unpaired) electrons. The van der Waals surface area contributed by atoms with Gasteiger partial charge in [-0.2, -0.15) is 5.26 Å². The summed E-state index contributed by atoms with van der Waals surface area (Å²) in [5, 5.41) is 12.4. The summed E-state index contributed by atoms with van der Waals surface area (Å²) in [5.74, 6) is -0.0158. The number of hydrogen-bond donors (Lipinski definition) is 1. The average molecular weight is 421 g/mol. The van der Waals surface area contributed by atoms with E-state index in [2.05, 4.69) is 20.9 Å². The first-order valence-electron chi connectivity index (χ1n) is 9.37. The number of hydrogen-bond acceptors (Lipinski definition) is 5. The fourth-order valence-electron chi connectivity index (χ4n) is 3.20. The van der Waals surface area contributed by atoms with Crippen molar-refractivity contribution in [1.29, 1.82) is 5.26 Å². The van der Waals surface area contributed by atoms with E-state index < -0.39 is 6.36 Å². The van der Waals surface area contributed by atoms with Crippen molar-refractivity contribution < 1.29 is 22.4 Å². The van der Waals surface area contributed by atoms with E-state index in [-0.39, 0.29) is 11.6 Å². The van der Waals surface area contributed by atoms with Gasteiger partial charge in [0.05, 0.1) is 18.0 Å². The lowest BCUT2D eigenvalue weighted by Gasteiger charge is -2.13. The van der Waals surface area contributed by atoms with Crippen molar-refractivity contribution in [3.05, 3.63) is 42.6 Å². The highest BCUT2D eigenvalue weighted by atomic mass is 19.4. The molecule has 1 fully saturated rings. The molecule has 10 heteroatoms. The van der Waals surface area contributed by atoms with Gasteiger partial charge in [-0.25, -0.2) is 15.0 Å². The standard InChI is InChI=1S/C13H8F4N4O.C7H11N/c14-13(15,16)22-9-3-1-2-8(6-9)10-7-18-12-5-4-11(19-17)20-21(10)12;8-6-7-4-2-1-3-5-7/h1-7H,(H,19,20);7H,1-5H2. The Morgan fingerprint density at radius 2 is 1.90 bits per heavy atom. The molecule has 0 bridgehead atoms. The fraction of sp³-hybridized carbons (Fsp3) is 0.350. The fourth-order valence-corrected chi connectivity index (χ4v) is 3.20. The average Bonchev–Trinajstić information content (AvgIpc) is 3.17. The van der Waals surface area contributed by atoms with Gasteiger partial charge < -0.3 is 4.74 Å². The molecule has 0 amide bonds. The van der Waals surface area contributed by atoms with E-state index in [0.717, 1.165) is 12.8 Å². The van der Waals surface area contributed by atoms with Gasteiger partial charge in [-0.3, -0.25) is 0 Å². The summed E-state index contributed by atoms with van der Waals surface area (Å²) >= 11 is 0. The second-order valence-electron chi connectivity index (χ2n) is 6.77. The van der Waals surface area contributed by atoms with Crippen LogP contribution in [0, 0.1) is 17.2 Å². The van der Waals surface area contributed by atoms with Crippen LogP contribution in [0.1, 0.15) is 32.1 Å². The zero-order chi connectivity index (χ0) is 21.6. The number of alkyl halides is 3. The Bertz CT molecular complexity index is 1020. The Balaban J connectivity index is 0.000000269. The lowest BCUT2D eigenvalue weighted by Crippen LogP contribution is -2.17. The monoisotopic (exact) mass is 421 g/mol. The first kappa shape index (κ1) is 21.4. The maximum atomic E-state index is 12.5. The highest BCUT2D eigenvalue weighted by Crippen LogP contribution is 2.28. The lowest BCUT2D eigenvalue weighted by molar-refractivity contribution is -0.274. The first-order valence-corrected chi connectivity index (χ1v) is 9.37. The summed E-state index contributed by atoms with van der Waals surface area (Å²) in [6.45, 7) is 0. The van der Waals surface area contributed by atoms with Crippen LogP contribution in [0.15, 0.2) is 42.6 Å². The van der Waals surface area contributed by atoms with E-state index in [9.17, 15) is 17.7 Å². The van der Waals surface area contributed by atoms with Crippen LogP contribution >= 0.6 is 0 Å². The molecule has 0 saturated heterocycles. The predicted molar refractivity (Wildman–Crippen MR) is 102 cm³/mol. The molecule has 1 aromatic carbocycles. The van der Waals surface area contributed by atoms with Gasteiger partial charge in [0.25, 0.3) is 0 Å². The molecule has 2 heterocycles. The van der Waals surface area contributed by atoms with Crippen molar-refractivity contribution in [3.63, 3.8) is 0 Å². The maximum Gasteiger partial charge on any atom is 0.573 e. The zero-order valence-electron chi connectivity index (χ0n) is 15.9. The molecule has 3 aromatic rings. The van der Waals surface area contributed by atoms with Gasteiger partial charge in [-0.05, 0) is 37.1 Å². The third kappa shape index (κ3) is 5.59. The summed E-state index contributed by atoms with van der Waals surface area (Å²) < 4.78 is 54.4. The number of imidazole rings is 1. The SMILES string of the molecule is FNc1ccc2ncc(-c3cccc(OC(F)(F)F)c3)n2n1.N#CC1CCCCC1. The molecule has 0 aliphatic heterocycles. The van der Waals surface area contributed by atoms with Crippen LogP contribution in [-0.4, -0.2) is 21.0 Å². The Morgan fingerprint density at radius 3 is 2.53 bits per heavy atom. The molecule has 1 aliphatic carbocycles. The van der Waals surface area contributed by atoms with E-state index in [1.807, 2.05) is 0 Å². The van der Waals surface area contributed by atoms with Crippen LogP contribution in [0.25, 0.3) is 16.9 Å². The van der Waals surface area contributed by atoms with E-state index >= 15 is 0 Å². The van der Waals surface area contributed by atoms with Gasteiger partial charge in [0.15, 0.2) is 11.5 Å². The van der Waals surface area contributed by atoms with Crippen LogP contribution in [0.3, 0.4) is 0 Å². The molecular weight excluding hydrogens is 402 g/mol. The molecule has 1 aliphatic rings. The van der Waals surface area contributed by atoms with E-state index in [0.29, 0.717) is 22.8 Å². The molecule has 158 valence electrons. The zero-order valence-corrected chi connectivity index (χ0v) is 15.9. The molecule has 0 unspecified atom stereocenters. The van der Waals surface area contributed by atoms with Gasteiger partial charge in [0, 0.05) is 11.5 Å². The smallest absolute Gasteiger partial charge is 0.406 e. The molecule has 4 rings (SSSR count). The first-order chi connectivity index (χ1) is 14.4. The van der Waals surface area contributed by atoms with Gasteiger partial charge in [0.1, 0.15) is 5.75 Å². The van der Waals surface area contributed by atoms with Gasteiger partial charge >= 0.3 is 6.36 Å². The molecule has 6 nitrogen and oxygen atoms in total. The number of nitrogens with zero attached hydrogens (tertiary/aromatic N) is 4. The third-order valence-electron chi connectivity index (χ3n) is 4.61. The van der Waals surface area contributed by atoms with Crippen LogP contribution in [0.4, 0.5) is 23.5 Å². The molecule has 1 saturated carbocycles. The summed E-state index contributed by atoms with van der Waals surface area (Å²) in [5.41, 5.74) is 2.63. The second-order valence-corrected chi connectivity index (χ2v) is 6.77. The van der Waals surface area contributed by atoms with Gasteiger partial charge in [-0.1, -0.05) is 31.4 Å². The van der Waals surface area contributed by atoms with Crippen LogP contribution in [-0.2, 0) is 0 Å². The molecular formula is C20H19F4N5O. The van der Waals surface area contributed by atoms with E-state index in [1.54, 1.807) is 6.07 Å². The van der Waals surface area contributed by atoms with Crippen molar-refractivity contribution in [2.24, 2.45) is 5.92 Å². The van der Waals surface area contributed by atoms with E-state index in [4.69, 9.17) is 5.26 Å². The number of benzene rings is 1. The number of nitriles is 1. The van der Waals surface area contributed by atoms with Crippen molar-refractivity contribution >= 4 is 11.5 Å². The normalized spacial score (nSPS) is 14.5. The number of anilines is 1. The number of halogens is 4. The lowest BCUT2D eigenvalue weighted by atomic mass is 9.91. The minimum absolute atomic E-state index is 0.0468. The number of ether oxygens (including phenoxy) is 1. The van der Waals surface area contributed by atoms with Crippen molar-refractivity contribution in [3.8, 4) is 23.1 Å². The van der Waals surface area contributed by atoms with Crippen LogP contribution < -0.4 is 10.3 Å². The predicted octanol–water partition coefficient (Wildman–Crippen LogP) is 5.68. The Morgan fingerprint density at radius 1 is 1.13 bits per heavy atom. The van der Waals surface area contributed by atoms with E-state index in [1.165, 1.54) is 65.8 Å². The summed E-state index contributed by atoms with van der Waals surface area (Å²) in [6, 6.07) is 10.6. The maximum absolute atomic E-state index is 12.5. The Kier molecular flexibility index (Phi) is 6.72. The number of rotatable bonds is 3. The van der Waals surface area contributed by atoms with Crippen molar-refractivity contribution in [2.75, 3.05) is 5.54 Å². The Labute approximate surface area is 170 Å². The minimum atomic E-state index is -4.78. The molecule has 30 heavy (non-hydrogen) atoms. The van der Waals surface area contributed by atoms with Crippen LogP contribution in [0.5, 0.6) is 5.75 Å². The topological polar surface area (TPSA) is 75.2 Å². The second kappa shape index (κ2) is 9.43.